The van der Waals surface area contributed by atoms with Gasteiger partial charge in [-0.1, -0.05) is 23.7 Å². The quantitative estimate of drug-likeness (QED) is 0.754. The average Bonchev–Trinajstić information content (AvgIpc) is 2.93. The number of hydrogen-bond acceptors (Lipinski definition) is 4. The van der Waals surface area contributed by atoms with Crippen LogP contribution in [0.25, 0.3) is 0 Å². The van der Waals surface area contributed by atoms with E-state index in [4.69, 9.17) is 16.3 Å². The standard InChI is InChI=1S/C19H26ClN3O3/c1-13-10-14(4-5-16(13)20)11-22-8-6-15(7-9-22)23-17(18(24)26-3)12-21(2)19(23)25/h4-5,10,15,17H,6-9,11-12H2,1-3H3. The maximum Gasteiger partial charge on any atom is 0.330 e. The van der Waals surface area contributed by atoms with Gasteiger partial charge < -0.3 is 14.5 Å². The Kier molecular flexibility index (Phi) is 5.73. The van der Waals surface area contributed by atoms with E-state index in [1.54, 1.807) is 16.8 Å². The Morgan fingerprint density at radius 1 is 1.31 bits per heavy atom. The Balaban J connectivity index is 1.61. The van der Waals surface area contributed by atoms with E-state index < -0.39 is 6.04 Å². The lowest BCUT2D eigenvalue weighted by molar-refractivity contribution is -0.145. The molecule has 0 saturated carbocycles. The summed E-state index contributed by atoms with van der Waals surface area (Å²) in [6.07, 6.45) is 1.72. The average molecular weight is 380 g/mol. The van der Waals surface area contributed by atoms with Crippen molar-refractivity contribution < 1.29 is 14.3 Å². The lowest BCUT2D eigenvalue weighted by Crippen LogP contribution is -2.51. The van der Waals surface area contributed by atoms with Crippen LogP contribution in [0.1, 0.15) is 24.0 Å². The van der Waals surface area contributed by atoms with Gasteiger partial charge in [-0.2, -0.15) is 0 Å². The van der Waals surface area contributed by atoms with Crippen LogP contribution in [0.5, 0.6) is 0 Å². The highest BCUT2D eigenvalue weighted by molar-refractivity contribution is 6.31. The van der Waals surface area contributed by atoms with Crippen LogP contribution >= 0.6 is 11.6 Å². The Morgan fingerprint density at radius 2 is 2.00 bits per heavy atom. The summed E-state index contributed by atoms with van der Waals surface area (Å²) in [5.74, 6) is -0.332. The van der Waals surface area contributed by atoms with Crippen LogP contribution in [-0.2, 0) is 16.1 Å². The van der Waals surface area contributed by atoms with Crippen molar-refractivity contribution in [3.05, 3.63) is 34.3 Å². The number of rotatable bonds is 4. The number of nitrogens with zero attached hydrogens (tertiary/aromatic N) is 3. The summed E-state index contributed by atoms with van der Waals surface area (Å²) >= 11 is 6.10. The number of hydrogen-bond donors (Lipinski definition) is 0. The van der Waals surface area contributed by atoms with Gasteiger partial charge in [0.1, 0.15) is 6.04 Å². The van der Waals surface area contributed by atoms with Gasteiger partial charge in [0.05, 0.1) is 13.7 Å². The van der Waals surface area contributed by atoms with Crippen molar-refractivity contribution in [1.82, 2.24) is 14.7 Å². The molecule has 0 aromatic heterocycles. The molecule has 2 heterocycles. The highest BCUT2D eigenvalue weighted by atomic mass is 35.5. The van der Waals surface area contributed by atoms with E-state index >= 15 is 0 Å². The van der Waals surface area contributed by atoms with Crippen molar-refractivity contribution in [2.45, 2.75) is 38.4 Å². The van der Waals surface area contributed by atoms with Crippen LogP contribution in [0.15, 0.2) is 18.2 Å². The molecule has 7 heteroatoms. The second-order valence-electron chi connectivity index (χ2n) is 7.20. The number of urea groups is 1. The number of aryl methyl sites for hydroxylation is 1. The molecule has 0 spiro atoms. The van der Waals surface area contributed by atoms with Gasteiger partial charge in [-0.15, -0.1) is 0 Å². The summed E-state index contributed by atoms with van der Waals surface area (Å²) in [7, 11) is 3.11. The molecule has 0 bridgehead atoms. The van der Waals surface area contributed by atoms with E-state index in [0.29, 0.717) is 6.54 Å². The Morgan fingerprint density at radius 3 is 2.62 bits per heavy atom. The van der Waals surface area contributed by atoms with Crippen LogP contribution in [0, 0.1) is 6.92 Å². The topological polar surface area (TPSA) is 53.1 Å². The number of ether oxygens (including phenoxy) is 1. The molecule has 2 saturated heterocycles. The predicted molar refractivity (Wildman–Crippen MR) is 100 cm³/mol. The van der Waals surface area contributed by atoms with Crippen LogP contribution < -0.4 is 0 Å². The Hall–Kier alpha value is -1.79. The summed E-state index contributed by atoms with van der Waals surface area (Å²) < 4.78 is 4.89. The molecule has 1 aromatic rings. The monoisotopic (exact) mass is 379 g/mol. The van der Waals surface area contributed by atoms with Gasteiger partial charge >= 0.3 is 12.0 Å². The van der Waals surface area contributed by atoms with Gasteiger partial charge in [0.15, 0.2) is 0 Å². The largest absolute Gasteiger partial charge is 0.467 e. The highest BCUT2D eigenvalue weighted by Gasteiger charge is 2.44. The first kappa shape index (κ1) is 19.0. The molecule has 1 unspecified atom stereocenters. The van der Waals surface area contributed by atoms with Gasteiger partial charge in [-0.05, 0) is 37.0 Å². The second-order valence-corrected chi connectivity index (χ2v) is 7.61. The molecule has 2 aliphatic heterocycles. The third-order valence-corrected chi connectivity index (χ3v) is 5.81. The fourth-order valence-corrected chi connectivity index (χ4v) is 4.03. The highest BCUT2D eigenvalue weighted by Crippen LogP contribution is 2.26. The van der Waals surface area contributed by atoms with Crippen molar-refractivity contribution in [3.8, 4) is 0 Å². The van der Waals surface area contributed by atoms with Gasteiger partial charge in [0.25, 0.3) is 0 Å². The number of methoxy groups -OCH3 is 1. The summed E-state index contributed by atoms with van der Waals surface area (Å²) in [4.78, 5) is 30.3. The molecule has 1 aromatic carbocycles. The van der Waals surface area contributed by atoms with Gasteiger partial charge in [0.2, 0.25) is 0 Å². The van der Waals surface area contributed by atoms with Gasteiger partial charge in [0, 0.05) is 37.7 Å². The van der Waals surface area contributed by atoms with Crippen molar-refractivity contribution >= 4 is 23.6 Å². The first-order valence-corrected chi connectivity index (χ1v) is 9.37. The van der Waals surface area contributed by atoms with E-state index in [0.717, 1.165) is 43.1 Å². The van der Waals surface area contributed by atoms with Crippen LogP contribution in [-0.4, -0.2) is 72.6 Å². The zero-order valence-corrected chi connectivity index (χ0v) is 16.3. The van der Waals surface area contributed by atoms with Crippen molar-refractivity contribution in [3.63, 3.8) is 0 Å². The number of likely N-dealkylation sites (N-methyl/N-ethyl adjacent to an activating group) is 1. The Labute approximate surface area is 159 Å². The van der Waals surface area contributed by atoms with E-state index in [9.17, 15) is 9.59 Å². The van der Waals surface area contributed by atoms with Gasteiger partial charge in [-0.25, -0.2) is 9.59 Å². The minimum atomic E-state index is -0.493. The summed E-state index contributed by atoms with van der Waals surface area (Å²) in [6.45, 7) is 5.08. The molecule has 6 nitrogen and oxygen atoms in total. The Bertz CT molecular complexity index is 689. The number of carbonyl (C=O) groups is 2. The van der Waals surface area contributed by atoms with Crippen molar-refractivity contribution in [2.24, 2.45) is 0 Å². The smallest absolute Gasteiger partial charge is 0.330 e. The molecule has 2 amide bonds. The van der Waals surface area contributed by atoms with E-state index in [2.05, 4.69) is 17.0 Å². The molecular weight excluding hydrogens is 354 g/mol. The molecule has 2 fully saturated rings. The minimum absolute atomic E-state index is 0.0767. The molecule has 0 aliphatic carbocycles. The molecule has 26 heavy (non-hydrogen) atoms. The number of carbonyl (C=O) groups excluding carboxylic acids is 2. The lowest BCUT2D eigenvalue weighted by Gasteiger charge is -2.38. The normalized spacial score (nSPS) is 22.2. The summed E-state index contributed by atoms with van der Waals surface area (Å²) in [6, 6.07) is 5.65. The molecule has 1 atom stereocenters. The SMILES string of the molecule is COC(=O)C1CN(C)C(=O)N1C1CCN(Cc2ccc(Cl)c(C)c2)CC1. The zero-order chi connectivity index (χ0) is 18.8. The zero-order valence-electron chi connectivity index (χ0n) is 15.6. The lowest BCUT2D eigenvalue weighted by atomic mass is 10.0. The number of likely N-dealkylation sites (tertiary alicyclic amines) is 1. The van der Waals surface area contributed by atoms with Crippen LogP contribution in [0.2, 0.25) is 5.02 Å². The van der Waals surface area contributed by atoms with E-state index in [1.807, 2.05) is 13.0 Å². The number of amides is 2. The number of halogens is 1. The maximum absolute atomic E-state index is 12.5. The fourth-order valence-electron chi connectivity index (χ4n) is 3.91. The first-order valence-electron chi connectivity index (χ1n) is 8.99. The third kappa shape index (κ3) is 3.81. The van der Waals surface area contributed by atoms with Crippen LogP contribution in [0.3, 0.4) is 0 Å². The molecule has 3 rings (SSSR count). The predicted octanol–water partition coefficient (Wildman–Crippen LogP) is 2.52. The van der Waals surface area contributed by atoms with Crippen LogP contribution in [0.4, 0.5) is 4.79 Å². The summed E-state index contributed by atoms with van der Waals surface area (Å²) in [5, 5.41) is 0.790. The van der Waals surface area contributed by atoms with E-state index in [1.165, 1.54) is 12.7 Å². The fraction of sp³-hybridized carbons (Fsp3) is 0.579. The molecule has 0 N–H and O–H groups in total. The second kappa shape index (κ2) is 7.84. The van der Waals surface area contributed by atoms with Crippen molar-refractivity contribution in [2.75, 3.05) is 33.8 Å². The third-order valence-electron chi connectivity index (χ3n) is 5.38. The van der Waals surface area contributed by atoms with Crippen molar-refractivity contribution in [1.29, 1.82) is 0 Å². The molecule has 2 aliphatic rings. The molecule has 142 valence electrons. The van der Waals surface area contributed by atoms with Gasteiger partial charge in [-0.3, -0.25) is 4.90 Å². The summed E-state index contributed by atoms with van der Waals surface area (Å²) in [5.41, 5.74) is 2.33. The number of benzene rings is 1. The first-order chi connectivity index (χ1) is 12.4. The number of piperidine rings is 1. The molecular formula is C19H26ClN3O3. The number of esters is 1. The molecule has 0 radical (unpaired) electrons. The minimum Gasteiger partial charge on any atom is -0.467 e. The van der Waals surface area contributed by atoms with E-state index in [-0.39, 0.29) is 18.0 Å². The maximum atomic E-state index is 12.5.